The van der Waals surface area contributed by atoms with Gasteiger partial charge in [0.05, 0.1) is 20.8 Å². The van der Waals surface area contributed by atoms with Crippen molar-refractivity contribution in [2.45, 2.75) is 13.8 Å². The van der Waals surface area contributed by atoms with Crippen LogP contribution in [0.2, 0.25) is 0 Å². The highest BCUT2D eigenvalue weighted by Gasteiger charge is 2.24. The Kier molecular flexibility index (Phi) is 5.31. The van der Waals surface area contributed by atoms with Crippen molar-refractivity contribution in [1.29, 1.82) is 0 Å². The Bertz CT molecular complexity index is 392. The topological polar surface area (TPSA) is 68.2 Å². The minimum Gasteiger partial charge on any atom is -0.493 e. The third kappa shape index (κ3) is 3.30. The van der Waals surface area contributed by atoms with Crippen LogP contribution in [0, 0.1) is 5.92 Å². The second-order valence-corrected chi connectivity index (χ2v) is 4.30. The normalized spacial score (nSPS) is 10.4. The fraction of sp³-hybridized carbons (Fsp3) is 0.500. The van der Waals surface area contributed by atoms with E-state index in [-0.39, 0.29) is 5.46 Å². The molecule has 0 saturated carbocycles. The van der Waals surface area contributed by atoms with Crippen molar-refractivity contribution in [3.8, 4) is 17.2 Å². The predicted molar refractivity (Wildman–Crippen MR) is 69.7 cm³/mol. The van der Waals surface area contributed by atoms with E-state index in [4.69, 9.17) is 14.2 Å². The summed E-state index contributed by atoms with van der Waals surface area (Å²) in [7, 11) is 1.37. The van der Waals surface area contributed by atoms with Gasteiger partial charge in [-0.05, 0) is 12.0 Å². The van der Waals surface area contributed by atoms with Crippen molar-refractivity contribution in [3.05, 3.63) is 12.1 Å². The molecule has 0 spiro atoms. The summed E-state index contributed by atoms with van der Waals surface area (Å²) < 4.78 is 16.0. The lowest BCUT2D eigenvalue weighted by Crippen LogP contribution is -2.32. The number of rotatable bonds is 6. The van der Waals surface area contributed by atoms with Gasteiger partial charge >= 0.3 is 7.12 Å². The number of hydrogen-bond donors (Lipinski definition) is 2. The molecule has 0 aromatic heterocycles. The number of methoxy groups -OCH3 is 2. The summed E-state index contributed by atoms with van der Waals surface area (Å²) in [4.78, 5) is 0. The van der Waals surface area contributed by atoms with E-state index in [0.717, 1.165) is 0 Å². The molecule has 0 aliphatic heterocycles. The fourth-order valence-electron chi connectivity index (χ4n) is 1.52. The molecule has 0 heterocycles. The Morgan fingerprint density at radius 3 is 2.22 bits per heavy atom. The first kappa shape index (κ1) is 14.7. The smallest absolute Gasteiger partial charge is 0.492 e. The Labute approximate surface area is 107 Å². The fourth-order valence-corrected chi connectivity index (χ4v) is 1.52. The van der Waals surface area contributed by atoms with Crippen LogP contribution in [0.3, 0.4) is 0 Å². The van der Waals surface area contributed by atoms with Crippen LogP contribution >= 0.6 is 0 Å². The lowest BCUT2D eigenvalue weighted by atomic mass is 9.79. The van der Waals surface area contributed by atoms with Crippen molar-refractivity contribution in [2.24, 2.45) is 5.92 Å². The van der Waals surface area contributed by atoms with Gasteiger partial charge in [0.15, 0.2) is 11.5 Å². The van der Waals surface area contributed by atoms with E-state index in [0.29, 0.717) is 29.8 Å². The first-order valence-electron chi connectivity index (χ1n) is 5.75. The summed E-state index contributed by atoms with van der Waals surface area (Å²) in [5.74, 6) is 1.47. The van der Waals surface area contributed by atoms with Gasteiger partial charge in [0, 0.05) is 5.46 Å². The molecular formula is C12H19BO5. The Hall–Kier alpha value is -1.40. The maximum atomic E-state index is 9.33. The van der Waals surface area contributed by atoms with E-state index in [1.807, 2.05) is 13.8 Å². The molecule has 0 fully saturated rings. The van der Waals surface area contributed by atoms with Gasteiger partial charge in [0.1, 0.15) is 0 Å². The van der Waals surface area contributed by atoms with Crippen LogP contribution in [0.15, 0.2) is 12.1 Å². The van der Waals surface area contributed by atoms with Crippen molar-refractivity contribution in [1.82, 2.24) is 0 Å². The molecule has 0 atom stereocenters. The van der Waals surface area contributed by atoms with E-state index in [2.05, 4.69) is 0 Å². The summed E-state index contributed by atoms with van der Waals surface area (Å²) >= 11 is 0. The van der Waals surface area contributed by atoms with Gasteiger partial charge in [-0.1, -0.05) is 19.9 Å². The molecule has 0 unspecified atom stereocenters. The first-order chi connectivity index (χ1) is 8.51. The summed E-state index contributed by atoms with van der Waals surface area (Å²) in [6.45, 7) is 4.45. The van der Waals surface area contributed by atoms with Crippen molar-refractivity contribution >= 4 is 12.6 Å². The van der Waals surface area contributed by atoms with Gasteiger partial charge in [0.2, 0.25) is 5.75 Å². The average molecular weight is 254 g/mol. The molecular weight excluding hydrogens is 235 g/mol. The van der Waals surface area contributed by atoms with E-state index < -0.39 is 7.12 Å². The number of benzene rings is 1. The molecule has 1 aromatic carbocycles. The quantitative estimate of drug-likeness (QED) is 0.720. The lowest BCUT2D eigenvalue weighted by molar-refractivity contribution is 0.252. The van der Waals surface area contributed by atoms with Crippen LogP contribution in [-0.2, 0) is 0 Å². The second-order valence-electron chi connectivity index (χ2n) is 4.30. The molecule has 6 heteroatoms. The van der Waals surface area contributed by atoms with Gasteiger partial charge in [-0.3, -0.25) is 0 Å². The molecule has 1 aromatic rings. The van der Waals surface area contributed by atoms with E-state index in [1.54, 1.807) is 12.1 Å². The van der Waals surface area contributed by atoms with E-state index in [1.165, 1.54) is 14.2 Å². The van der Waals surface area contributed by atoms with E-state index >= 15 is 0 Å². The standard InChI is InChI=1S/C12H19BO5/c1-8(2)7-18-11-9(13(14)15)5-6-10(16-3)12(11)17-4/h5-6,8,14-15H,7H2,1-4H3. The maximum Gasteiger partial charge on any atom is 0.492 e. The van der Waals surface area contributed by atoms with Crippen molar-refractivity contribution in [2.75, 3.05) is 20.8 Å². The molecule has 0 saturated heterocycles. The predicted octanol–water partition coefficient (Wildman–Crippen LogP) is 0.418. The third-order valence-electron chi connectivity index (χ3n) is 2.37. The maximum absolute atomic E-state index is 9.33. The summed E-state index contributed by atoms with van der Waals surface area (Å²) in [6, 6.07) is 3.15. The molecule has 1 rings (SSSR count). The second kappa shape index (κ2) is 6.51. The molecule has 0 amide bonds. The monoisotopic (exact) mass is 254 g/mol. The van der Waals surface area contributed by atoms with Gasteiger partial charge in [-0.25, -0.2) is 0 Å². The minimum absolute atomic E-state index is 0.258. The van der Waals surface area contributed by atoms with Crippen LogP contribution in [0.1, 0.15) is 13.8 Å². The van der Waals surface area contributed by atoms with Gasteiger partial charge in [0.25, 0.3) is 0 Å². The molecule has 0 radical (unpaired) electrons. The highest BCUT2D eigenvalue weighted by atomic mass is 16.5. The van der Waals surface area contributed by atoms with Crippen LogP contribution in [0.25, 0.3) is 0 Å². The molecule has 0 bridgehead atoms. The largest absolute Gasteiger partial charge is 0.493 e. The van der Waals surface area contributed by atoms with Crippen LogP contribution in [0.4, 0.5) is 0 Å². The molecule has 18 heavy (non-hydrogen) atoms. The summed E-state index contributed by atoms with van der Waals surface area (Å²) in [5.41, 5.74) is 0.258. The Balaban J connectivity index is 3.20. The van der Waals surface area contributed by atoms with Crippen LogP contribution in [0.5, 0.6) is 17.2 Å². The molecule has 5 nitrogen and oxygen atoms in total. The summed E-state index contributed by atoms with van der Waals surface area (Å²) in [6.07, 6.45) is 0. The zero-order valence-electron chi connectivity index (χ0n) is 11.1. The third-order valence-corrected chi connectivity index (χ3v) is 2.37. The average Bonchev–Trinajstić information content (AvgIpc) is 2.34. The SMILES string of the molecule is COc1ccc(B(O)O)c(OCC(C)C)c1OC. The van der Waals surface area contributed by atoms with Gasteiger partial charge in [-0.2, -0.15) is 0 Å². The highest BCUT2D eigenvalue weighted by Crippen LogP contribution is 2.35. The molecule has 0 aliphatic carbocycles. The summed E-state index contributed by atoms with van der Waals surface area (Å²) in [5, 5.41) is 18.7. The van der Waals surface area contributed by atoms with Crippen molar-refractivity contribution < 1.29 is 24.3 Å². The first-order valence-corrected chi connectivity index (χ1v) is 5.75. The van der Waals surface area contributed by atoms with E-state index in [9.17, 15) is 10.0 Å². The number of ether oxygens (including phenoxy) is 3. The van der Waals surface area contributed by atoms with Crippen LogP contribution in [-0.4, -0.2) is 38.0 Å². The van der Waals surface area contributed by atoms with Crippen molar-refractivity contribution in [3.63, 3.8) is 0 Å². The number of hydrogen-bond acceptors (Lipinski definition) is 5. The highest BCUT2D eigenvalue weighted by molar-refractivity contribution is 6.59. The molecule has 100 valence electrons. The Morgan fingerprint density at radius 1 is 1.11 bits per heavy atom. The minimum atomic E-state index is -1.62. The zero-order chi connectivity index (χ0) is 13.7. The van der Waals surface area contributed by atoms with Gasteiger partial charge < -0.3 is 24.3 Å². The molecule has 0 aliphatic rings. The van der Waals surface area contributed by atoms with Gasteiger partial charge in [-0.15, -0.1) is 0 Å². The van der Waals surface area contributed by atoms with Crippen LogP contribution < -0.4 is 19.7 Å². The zero-order valence-corrected chi connectivity index (χ0v) is 11.1. The Morgan fingerprint density at radius 2 is 1.78 bits per heavy atom. The lowest BCUT2D eigenvalue weighted by Gasteiger charge is -2.18. The molecule has 2 N–H and O–H groups in total.